The molecule has 0 radical (unpaired) electrons. The Kier molecular flexibility index (Phi) is 7.57. The van der Waals surface area contributed by atoms with Crippen LogP contribution in [-0.2, 0) is 9.59 Å². The number of hydrogen-bond donors (Lipinski definition) is 1. The number of rotatable bonds is 7. The number of amidine groups is 1. The van der Waals surface area contributed by atoms with Gasteiger partial charge in [0.15, 0.2) is 16.7 Å². The molecule has 1 aromatic rings. The predicted molar refractivity (Wildman–Crippen MR) is 122 cm³/mol. The number of hydrogen-bond acceptors (Lipinski definition) is 8. The molecule has 0 saturated carbocycles. The first-order chi connectivity index (χ1) is 14.0. The van der Waals surface area contributed by atoms with Gasteiger partial charge in [-0.2, -0.15) is 0 Å². The molecule has 2 heterocycles. The Hall–Kier alpha value is -2.04. The molecule has 1 saturated heterocycles. The van der Waals surface area contributed by atoms with Gasteiger partial charge in [0.2, 0.25) is 5.91 Å². The lowest BCUT2D eigenvalue weighted by atomic mass is 10.2. The first-order valence-corrected chi connectivity index (χ1v) is 11.2. The minimum absolute atomic E-state index is 0.0931. The van der Waals surface area contributed by atoms with E-state index in [-0.39, 0.29) is 11.8 Å². The molecule has 0 unspecified atom stereocenters. The van der Waals surface area contributed by atoms with Crippen molar-refractivity contribution in [3.63, 3.8) is 0 Å². The highest BCUT2D eigenvalue weighted by atomic mass is 32.2. The second-order valence-corrected chi connectivity index (χ2v) is 8.89. The standard InChI is InChI=1S/C19H21N3O4S3/c1-25-13-6-5-12(10-14(13)26-2)11-15-17(24)22(19(27)29-15)8-3-4-16(23)21-18-20-7-9-28-18/h5-6,10-11H,3-4,7-9H2,1-2H3,(H,20,21,23)/b15-11-. The average Bonchev–Trinajstić information content (AvgIpc) is 3.31. The monoisotopic (exact) mass is 451 g/mol. The van der Waals surface area contributed by atoms with Crippen LogP contribution >= 0.6 is 35.7 Å². The van der Waals surface area contributed by atoms with Crippen molar-refractivity contribution >= 4 is 63.1 Å². The van der Waals surface area contributed by atoms with Gasteiger partial charge in [0.1, 0.15) is 4.32 Å². The van der Waals surface area contributed by atoms with E-state index in [0.717, 1.165) is 17.9 Å². The Morgan fingerprint density at radius 3 is 2.83 bits per heavy atom. The lowest BCUT2D eigenvalue weighted by Crippen LogP contribution is -2.31. The zero-order valence-corrected chi connectivity index (χ0v) is 18.5. The molecule has 0 atom stereocenters. The average molecular weight is 452 g/mol. The van der Waals surface area contributed by atoms with Crippen LogP contribution in [-0.4, -0.2) is 59.3 Å². The number of nitrogens with zero attached hydrogens (tertiary/aromatic N) is 2. The van der Waals surface area contributed by atoms with E-state index in [1.807, 2.05) is 6.07 Å². The second-order valence-electron chi connectivity index (χ2n) is 6.13. The number of benzene rings is 1. The lowest BCUT2D eigenvalue weighted by molar-refractivity contribution is -0.123. The van der Waals surface area contributed by atoms with Crippen LogP contribution in [0, 0.1) is 0 Å². The van der Waals surface area contributed by atoms with Crippen molar-refractivity contribution in [1.82, 2.24) is 10.2 Å². The Morgan fingerprint density at radius 2 is 2.14 bits per heavy atom. The quantitative estimate of drug-likeness (QED) is 0.504. The van der Waals surface area contributed by atoms with E-state index in [9.17, 15) is 9.59 Å². The van der Waals surface area contributed by atoms with E-state index in [0.29, 0.717) is 45.3 Å². The van der Waals surface area contributed by atoms with Gasteiger partial charge in [0, 0.05) is 18.7 Å². The van der Waals surface area contributed by atoms with Crippen LogP contribution in [0.3, 0.4) is 0 Å². The van der Waals surface area contributed by atoms with E-state index in [1.165, 1.54) is 11.8 Å². The van der Waals surface area contributed by atoms with Crippen LogP contribution in [0.25, 0.3) is 6.08 Å². The maximum atomic E-state index is 12.7. The van der Waals surface area contributed by atoms with Crippen molar-refractivity contribution in [1.29, 1.82) is 0 Å². The topological polar surface area (TPSA) is 80.2 Å². The van der Waals surface area contributed by atoms with Crippen LogP contribution in [0.2, 0.25) is 0 Å². The minimum Gasteiger partial charge on any atom is -0.493 e. The van der Waals surface area contributed by atoms with E-state index < -0.39 is 0 Å². The van der Waals surface area contributed by atoms with Gasteiger partial charge in [0.05, 0.1) is 25.7 Å². The number of carbonyl (C=O) groups is 2. The zero-order chi connectivity index (χ0) is 20.8. The van der Waals surface area contributed by atoms with Crippen LogP contribution in [0.15, 0.2) is 28.1 Å². The normalized spacial score (nSPS) is 17.7. The summed E-state index contributed by atoms with van der Waals surface area (Å²) in [5.41, 5.74) is 0.817. The summed E-state index contributed by atoms with van der Waals surface area (Å²) in [5.74, 6) is 1.87. The zero-order valence-electron chi connectivity index (χ0n) is 16.1. The Morgan fingerprint density at radius 1 is 1.34 bits per heavy atom. The van der Waals surface area contributed by atoms with Crippen molar-refractivity contribution in [3.05, 3.63) is 28.7 Å². The summed E-state index contributed by atoms with van der Waals surface area (Å²) >= 11 is 8.15. The summed E-state index contributed by atoms with van der Waals surface area (Å²) in [6.07, 6.45) is 2.62. The van der Waals surface area contributed by atoms with Crippen molar-refractivity contribution in [3.8, 4) is 11.5 Å². The molecule has 2 aliphatic rings. The number of carbonyl (C=O) groups excluding carboxylic acids is 2. The maximum Gasteiger partial charge on any atom is 0.266 e. The second kappa shape index (κ2) is 10.1. The molecule has 0 spiro atoms. The van der Waals surface area contributed by atoms with E-state index in [4.69, 9.17) is 21.7 Å². The highest BCUT2D eigenvalue weighted by Crippen LogP contribution is 2.34. The van der Waals surface area contributed by atoms with E-state index in [2.05, 4.69) is 10.3 Å². The fourth-order valence-corrected chi connectivity index (χ4v) is 4.83. The summed E-state index contributed by atoms with van der Waals surface area (Å²) in [6.45, 7) is 1.14. The van der Waals surface area contributed by atoms with Crippen molar-refractivity contribution in [2.45, 2.75) is 12.8 Å². The SMILES string of the molecule is COc1ccc(/C=C2\SC(=S)N(CCCC(=O)NC3=NCCS3)C2=O)cc1OC. The summed E-state index contributed by atoms with van der Waals surface area (Å²) in [4.78, 5) is 31.0. The molecule has 2 aliphatic heterocycles. The highest BCUT2D eigenvalue weighted by molar-refractivity contribution is 8.26. The molecule has 7 nitrogen and oxygen atoms in total. The van der Waals surface area contributed by atoms with Gasteiger partial charge in [-0.05, 0) is 30.2 Å². The van der Waals surface area contributed by atoms with Gasteiger partial charge in [-0.3, -0.25) is 19.5 Å². The Labute approximate surface area is 183 Å². The highest BCUT2D eigenvalue weighted by Gasteiger charge is 2.31. The van der Waals surface area contributed by atoms with Gasteiger partial charge < -0.3 is 14.8 Å². The number of thioether (sulfide) groups is 2. The number of ether oxygens (including phenoxy) is 2. The molecular weight excluding hydrogens is 430 g/mol. The molecule has 1 N–H and O–H groups in total. The van der Waals surface area contributed by atoms with Crippen molar-refractivity contribution in [2.75, 3.05) is 33.1 Å². The molecular formula is C19H21N3O4S3. The summed E-state index contributed by atoms with van der Waals surface area (Å²) < 4.78 is 11.0. The largest absolute Gasteiger partial charge is 0.493 e. The van der Waals surface area contributed by atoms with Gasteiger partial charge in [-0.15, -0.1) is 0 Å². The minimum atomic E-state index is -0.147. The molecule has 1 aromatic carbocycles. The summed E-state index contributed by atoms with van der Waals surface area (Å²) in [6, 6.07) is 5.44. The van der Waals surface area contributed by atoms with E-state index >= 15 is 0 Å². The Balaban J connectivity index is 1.57. The van der Waals surface area contributed by atoms with Gasteiger partial charge >= 0.3 is 0 Å². The van der Waals surface area contributed by atoms with E-state index in [1.54, 1.807) is 49.1 Å². The van der Waals surface area contributed by atoms with Gasteiger partial charge in [0.25, 0.3) is 5.91 Å². The molecule has 154 valence electrons. The molecule has 2 amide bonds. The fourth-order valence-electron chi connectivity index (χ4n) is 2.78. The van der Waals surface area contributed by atoms with Gasteiger partial charge in [-0.25, -0.2) is 0 Å². The van der Waals surface area contributed by atoms with Crippen LogP contribution in [0.4, 0.5) is 0 Å². The third kappa shape index (κ3) is 5.52. The number of aliphatic imine (C=N–C) groups is 1. The molecule has 0 bridgehead atoms. The van der Waals surface area contributed by atoms with Gasteiger partial charge in [-0.1, -0.05) is 41.8 Å². The van der Waals surface area contributed by atoms with Crippen molar-refractivity contribution < 1.29 is 19.1 Å². The first-order valence-electron chi connectivity index (χ1n) is 8.96. The lowest BCUT2D eigenvalue weighted by Gasteiger charge is -2.14. The molecule has 0 aromatic heterocycles. The van der Waals surface area contributed by atoms with Crippen LogP contribution < -0.4 is 14.8 Å². The third-order valence-corrected chi connectivity index (χ3v) is 6.47. The smallest absolute Gasteiger partial charge is 0.266 e. The molecule has 10 heteroatoms. The maximum absolute atomic E-state index is 12.7. The van der Waals surface area contributed by atoms with Crippen LogP contribution in [0.5, 0.6) is 11.5 Å². The number of nitrogens with one attached hydrogen (secondary N) is 1. The molecule has 0 aliphatic carbocycles. The first kappa shape index (κ1) is 21.7. The summed E-state index contributed by atoms with van der Waals surface area (Å²) in [5, 5.41) is 3.47. The molecule has 3 rings (SSSR count). The summed E-state index contributed by atoms with van der Waals surface area (Å²) in [7, 11) is 3.14. The fraction of sp³-hybridized carbons (Fsp3) is 0.368. The molecule has 1 fully saturated rings. The number of thiocarbonyl (C=S) groups is 1. The number of methoxy groups -OCH3 is 2. The Bertz CT molecular complexity index is 885. The predicted octanol–water partition coefficient (Wildman–Crippen LogP) is 2.90. The number of amides is 2. The van der Waals surface area contributed by atoms with Crippen molar-refractivity contribution in [2.24, 2.45) is 4.99 Å². The third-order valence-electron chi connectivity index (χ3n) is 4.20. The molecule has 29 heavy (non-hydrogen) atoms. The van der Waals surface area contributed by atoms with Crippen LogP contribution in [0.1, 0.15) is 18.4 Å².